The predicted molar refractivity (Wildman–Crippen MR) is 205 cm³/mol. The lowest BCUT2D eigenvalue weighted by molar-refractivity contribution is 0.0700. The molecule has 4 atom stereocenters. The van der Waals surface area contributed by atoms with Crippen LogP contribution in [0.2, 0.25) is 0 Å². The van der Waals surface area contributed by atoms with Crippen LogP contribution in [-0.2, 0) is 25.7 Å². The first-order valence-electron chi connectivity index (χ1n) is 19.3. The second kappa shape index (κ2) is 15.8. The first kappa shape index (κ1) is 35.4. The number of aryl methyl sites for hydroxylation is 4. The minimum atomic E-state index is -0.265. The van der Waals surface area contributed by atoms with Crippen molar-refractivity contribution >= 4 is 22.6 Å². The fraction of sp³-hybridized carbons (Fsp3) is 0.364. The Bertz CT molecular complexity index is 2060. The molecule has 2 fully saturated rings. The molecule has 2 amide bonds. The molecule has 0 bridgehead atoms. The van der Waals surface area contributed by atoms with Crippen molar-refractivity contribution in [3.05, 3.63) is 143 Å². The van der Waals surface area contributed by atoms with Gasteiger partial charge in [-0.05, 0) is 96.5 Å². The van der Waals surface area contributed by atoms with Crippen molar-refractivity contribution in [3.8, 4) is 0 Å². The molecule has 54 heavy (non-hydrogen) atoms. The highest BCUT2D eigenvalue weighted by atomic mass is 16.5. The Morgan fingerprint density at radius 3 is 1.44 bits per heavy atom. The van der Waals surface area contributed by atoms with E-state index in [0.29, 0.717) is 72.3 Å². The minimum absolute atomic E-state index is 0.0666. The second-order valence-corrected chi connectivity index (χ2v) is 15.2. The molecule has 2 aliphatic heterocycles. The molecule has 4 heterocycles. The molecule has 0 N–H and O–H groups in total. The van der Waals surface area contributed by atoms with Gasteiger partial charge >= 0.3 is 0 Å². The molecule has 10 nitrogen and oxygen atoms in total. The summed E-state index contributed by atoms with van der Waals surface area (Å²) >= 11 is 0. The standard InChI is InChI=1S/C44H46N6O4/c1-29-23-37(41-45-39(47-53-41)17-9-15-31-11-5-3-6-12-31)49(27-29)43(51)35-21-19-34-26-36(22-20-33(34)25-35)44(52)50-28-30(2)24-38(50)42-46-40(48-54-42)18-10-16-32-13-7-4-8-14-32/h3-8,11-14,19-22,25-26,29-30,37-38H,9-10,15-18,23-24,27-28H2,1-2H3/t29-,30-,37+,38+/m1/s1. The lowest BCUT2D eigenvalue weighted by Gasteiger charge is -2.23. The van der Waals surface area contributed by atoms with Gasteiger partial charge in [-0.2, -0.15) is 9.97 Å². The van der Waals surface area contributed by atoms with Gasteiger partial charge < -0.3 is 18.8 Å². The smallest absolute Gasteiger partial charge is 0.254 e. The Hall–Kier alpha value is -5.64. The first-order chi connectivity index (χ1) is 26.4. The van der Waals surface area contributed by atoms with Crippen LogP contribution in [0.3, 0.4) is 0 Å². The minimum Gasteiger partial charge on any atom is -0.337 e. The number of likely N-dealkylation sites (tertiary alicyclic amines) is 2. The van der Waals surface area contributed by atoms with Crippen molar-refractivity contribution in [1.29, 1.82) is 0 Å². The van der Waals surface area contributed by atoms with Crippen LogP contribution in [0, 0.1) is 11.8 Å². The molecule has 0 spiro atoms. The van der Waals surface area contributed by atoms with Crippen molar-refractivity contribution in [3.63, 3.8) is 0 Å². The van der Waals surface area contributed by atoms with E-state index in [1.54, 1.807) is 0 Å². The van der Waals surface area contributed by atoms with Crippen molar-refractivity contribution < 1.29 is 18.6 Å². The maximum Gasteiger partial charge on any atom is 0.254 e. The van der Waals surface area contributed by atoms with E-state index in [1.165, 1.54) is 11.1 Å². The van der Waals surface area contributed by atoms with Gasteiger partial charge in [0.15, 0.2) is 11.6 Å². The van der Waals surface area contributed by atoms with Gasteiger partial charge in [-0.25, -0.2) is 0 Å². The monoisotopic (exact) mass is 722 g/mol. The number of hydrogen-bond donors (Lipinski definition) is 0. The maximum atomic E-state index is 14.0. The summed E-state index contributed by atoms with van der Waals surface area (Å²) in [5.41, 5.74) is 3.76. The molecule has 10 heteroatoms. The van der Waals surface area contributed by atoms with Crippen molar-refractivity contribution in [2.75, 3.05) is 13.1 Å². The largest absolute Gasteiger partial charge is 0.337 e. The van der Waals surface area contributed by atoms with Crippen LogP contribution < -0.4 is 0 Å². The molecule has 276 valence electrons. The SMILES string of the molecule is C[C@@H]1C[C@@H](c2nc(CCCc3ccccc3)no2)N(C(=O)c2ccc3cc(C(=O)N4C[C@H](C)C[C@H]4c4nc(CCCc5ccccc5)no4)ccc3c2)C1. The number of fused-ring (bicyclic) bond motifs is 1. The summed E-state index contributed by atoms with van der Waals surface area (Å²) in [6.07, 6.45) is 6.71. The van der Waals surface area contributed by atoms with E-state index in [0.717, 1.165) is 49.3 Å². The fourth-order valence-corrected chi connectivity index (χ4v) is 8.05. The quantitative estimate of drug-likeness (QED) is 0.124. The van der Waals surface area contributed by atoms with Crippen LogP contribution >= 0.6 is 0 Å². The van der Waals surface area contributed by atoms with Gasteiger partial charge in [0.05, 0.1) is 0 Å². The van der Waals surface area contributed by atoms with Gasteiger partial charge in [0, 0.05) is 37.1 Å². The van der Waals surface area contributed by atoms with E-state index in [-0.39, 0.29) is 23.9 Å². The molecular formula is C44H46N6O4. The number of hydrogen-bond acceptors (Lipinski definition) is 8. The third kappa shape index (κ3) is 7.83. The molecule has 6 aromatic rings. The van der Waals surface area contributed by atoms with Crippen molar-refractivity contribution in [1.82, 2.24) is 30.1 Å². The molecule has 0 aliphatic carbocycles. The normalized spacial score (nSPS) is 19.9. The number of rotatable bonds is 12. The molecule has 0 radical (unpaired) electrons. The number of aromatic nitrogens is 4. The van der Waals surface area contributed by atoms with Gasteiger partial charge in [0.25, 0.3) is 11.8 Å². The topological polar surface area (TPSA) is 118 Å². The van der Waals surface area contributed by atoms with Gasteiger partial charge in [0.2, 0.25) is 11.8 Å². The number of carbonyl (C=O) groups excluding carboxylic acids is 2. The first-order valence-corrected chi connectivity index (χ1v) is 19.3. The van der Waals surface area contributed by atoms with E-state index in [4.69, 9.17) is 19.0 Å². The van der Waals surface area contributed by atoms with Crippen molar-refractivity contribution in [2.45, 2.75) is 77.3 Å². The Kier molecular flexibility index (Phi) is 10.3. The van der Waals surface area contributed by atoms with E-state index in [2.05, 4.69) is 72.7 Å². The predicted octanol–water partition coefficient (Wildman–Crippen LogP) is 8.40. The van der Waals surface area contributed by atoms with E-state index < -0.39 is 0 Å². The average molecular weight is 723 g/mol. The molecule has 4 aromatic carbocycles. The molecule has 2 saturated heterocycles. The Labute approximate surface area is 315 Å². The molecule has 8 rings (SSSR count). The summed E-state index contributed by atoms with van der Waals surface area (Å²) in [5.74, 6) is 2.83. The van der Waals surface area contributed by atoms with Crippen molar-refractivity contribution in [2.24, 2.45) is 11.8 Å². The van der Waals surface area contributed by atoms with E-state index >= 15 is 0 Å². The zero-order valence-electron chi connectivity index (χ0n) is 30.9. The maximum absolute atomic E-state index is 14.0. The summed E-state index contributed by atoms with van der Waals surface area (Å²) in [5, 5.41) is 10.3. The van der Waals surface area contributed by atoms with Crippen LogP contribution in [0.25, 0.3) is 10.8 Å². The molecule has 0 saturated carbocycles. The van der Waals surface area contributed by atoms with Gasteiger partial charge in [-0.1, -0.05) is 97.0 Å². The Balaban J connectivity index is 0.920. The van der Waals surface area contributed by atoms with E-state index in [1.807, 2.05) is 58.3 Å². The van der Waals surface area contributed by atoms with Gasteiger partial charge in [-0.3, -0.25) is 9.59 Å². The van der Waals surface area contributed by atoms with Gasteiger partial charge in [0.1, 0.15) is 12.1 Å². The summed E-state index contributed by atoms with van der Waals surface area (Å²) in [7, 11) is 0. The second-order valence-electron chi connectivity index (χ2n) is 15.2. The molecule has 0 unspecified atom stereocenters. The lowest BCUT2D eigenvalue weighted by Crippen LogP contribution is -2.31. The van der Waals surface area contributed by atoms with Crippen LogP contribution in [0.1, 0.15) is 107 Å². The summed E-state index contributed by atoms with van der Waals surface area (Å²) in [4.78, 5) is 41.2. The Morgan fingerprint density at radius 1 is 0.593 bits per heavy atom. The molecule has 2 aliphatic rings. The summed E-state index contributed by atoms with van der Waals surface area (Å²) in [6.45, 7) is 5.52. The zero-order valence-corrected chi connectivity index (χ0v) is 30.9. The van der Waals surface area contributed by atoms with Crippen LogP contribution in [-0.4, -0.2) is 55.0 Å². The third-order valence-corrected chi connectivity index (χ3v) is 10.8. The highest BCUT2D eigenvalue weighted by Crippen LogP contribution is 2.38. The fourth-order valence-electron chi connectivity index (χ4n) is 8.05. The molecule has 2 aromatic heterocycles. The lowest BCUT2D eigenvalue weighted by atomic mass is 10.0. The summed E-state index contributed by atoms with van der Waals surface area (Å²) < 4.78 is 11.5. The zero-order chi connectivity index (χ0) is 37.0. The van der Waals surface area contributed by atoms with Crippen LogP contribution in [0.5, 0.6) is 0 Å². The number of amides is 2. The Morgan fingerprint density at radius 2 is 1.02 bits per heavy atom. The van der Waals surface area contributed by atoms with E-state index in [9.17, 15) is 9.59 Å². The number of nitrogens with zero attached hydrogens (tertiary/aromatic N) is 6. The van der Waals surface area contributed by atoms with Crippen LogP contribution in [0.15, 0.2) is 106 Å². The molecular weight excluding hydrogens is 677 g/mol. The number of benzene rings is 4. The number of carbonyl (C=O) groups is 2. The highest BCUT2D eigenvalue weighted by molar-refractivity contribution is 6.02. The third-order valence-electron chi connectivity index (χ3n) is 10.8. The summed E-state index contributed by atoms with van der Waals surface area (Å²) in [6, 6.07) is 31.6. The highest BCUT2D eigenvalue weighted by Gasteiger charge is 2.39. The average Bonchev–Trinajstić information content (AvgIpc) is 4.02. The van der Waals surface area contributed by atoms with Gasteiger partial charge in [-0.15, -0.1) is 0 Å². The van der Waals surface area contributed by atoms with Crippen LogP contribution in [0.4, 0.5) is 0 Å².